The van der Waals surface area contributed by atoms with Gasteiger partial charge in [0.25, 0.3) is 0 Å². The van der Waals surface area contributed by atoms with Crippen LogP contribution in [0.1, 0.15) is 18.0 Å². The van der Waals surface area contributed by atoms with Crippen LogP contribution >= 0.6 is 15.9 Å². The highest BCUT2D eigenvalue weighted by Crippen LogP contribution is 2.22. The average Bonchev–Trinajstić information content (AvgIpc) is 2.31. The van der Waals surface area contributed by atoms with Gasteiger partial charge < -0.3 is 10.8 Å². The van der Waals surface area contributed by atoms with E-state index in [1.165, 1.54) is 0 Å². The molecule has 1 heterocycles. The maximum Gasteiger partial charge on any atom is 0.305 e. The minimum atomic E-state index is -0.914. The molecule has 6 heteroatoms. The Bertz CT molecular complexity index is 324. The molecule has 0 radical (unpaired) electrons. The van der Waals surface area contributed by atoms with E-state index in [0.717, 1.165) is 4.60 Å². The molecule has 1 rings (SSSR count). The number of carbonyl (C=O) groups is 1. The van der Waals surface area contributed by atoms with Crippen LogP contribution in [0.5, 0.6) is 0 Å². The summed E-state index contributed by atoms with van der Waals surface area (Å²) in [5, 5.41) is 12.5. The molecule has 0 unspecified atom stereocenters. The third kappa shape index (κ3) is 2.28. The summed E-state index contributed by atoms with van der Waals surface area (Å²) in [7, 11) is 1.75. The van der Waals surface area contributed by atoms with Gasteiger partial charge in [-0.3, -0.25) is 9.48 Å². The molecular formula is C7H10BrN3O2. The van der Waals surface area contributed by atoms with Crippen LogP contribution in [0.15, 0.2) is 10.8 Å². The number of aryl methyl sites for hydroxylation is 1. The van der Waals surface area contributed by atoms with Crippen LogP contribution in [0.4, 0.5) is 0 Å². The van der Waals surface area contributed by atoms with Gasteiger partial charge >= 0.3 is 5.97 Å². The minimum Gasteiger partial charge on any atom is -0.481 e. The van der Waals surface area contributed by atoms with E-state index in [2.05, 4.69) is 21.0 Å². The topological polar surface area (TPSA) is 81.1 Å². The Morgan fingerprint density at radius 3 is 2.92 bits per heavy atom. The Morgan fingerprint density at radius 1 is 1.92 bits per heavy atom. The lowest BCUT2D eigenvalue weighted by Gasteiger charge is -2.06. The Hall–Kier alpha value is -0.880. The quantitative estimate of drug-likeness (QED) is 0.823. The van der Waals surface area contributed by atoms with Crippen LogP contribution < -0.4 is 5.73 Å². The third-order valence-corrected chi connectivity index (χ3v) is 2.66. The van der Waals surface area contributed by atoms with Gasteiger partial charge in [0.15, 0.2) is 0 Å². The molecule has 0 fully saturated rings. The molecule has 1 atom stereocenters. The molecule has 0 amide bonds. The molecule has 1 aromatic heterocycles. The fraction of sp³-hybridized carbons (Fsp3) is 0.429. The predicted octanol–water partition coefficient (Wildman–Crippen LogP) is 0.657. The molecule has 72 valence electrons. The van der Waals surface area contributed by atoms with Crippen molar-refractivity contribution in [2.24, 2.45) is 12.8 Å². The number of rotatable bonds is 3. The van der Waals surface area contributed by atoms with Crippen LogP contribution in [-0.2, 0) is 11.8 Å². The van der Waals surface area contributed by atoms with Gasteiger partial charge in [-0.05, 0) is 15.9 Å². The van der Waals surface area contributed by atoms with Gasteiger partial charge in [0.05, 0.1) is 12.6 Å². The van der Waals surface area contributed by atoms with E-state index in [9.17, 15) is 4.79 Å². The molecule has 13 heavy (non-hydrogen) atoms. The number of aromatic nitrogens is 2. The summed E-state index contributed by atoms with van der Waals surface area (Å²) in [5.74, 6) is -0.914. The maximum absolute atomic E-state index is 10.4. The summed E-state index contributed by atoms with van der Waals surface area (Å²) in [4.78, 5) is 10.4. The van der Waals surface area contributed by atoms with Gasteiger partial charge in [0, 0.05) is 18.7 Å². The van der Waals surface area contributed by atoms with Crippen LogP contribution in [0.2, 0.25) is 0 Å². The SMILES string of the molecule is Cn1ncc([C@H](N)CC(=O)O)c1Br. The van der Waals surface area contributed by atoms with E-state index in [1.54, 1.807) is 17.9 Å². The van der Waals surface area contributed by atoms with Crippen LogP contribution in [-0.4, -0.2) is 20.9 Å². The summed E-state index contributed by atoms with van der Waals surface area (Å²) in [6.45, 7) is 0. The normalized spacial score (nSPS) is 12.8. The molecule has 0 aliphatic rings. The number of carboxylic acids is 1. The van der Waals surface area contributed by atoms with E-state index in [4.69, 9.17) is 10.8 Å². The van der Waals surface area contributed by atoms with Crippen molar-refractivity contribution in [1.29, 1.82) is 0 Å². The van der Waals surface area contributed by atoms with E-state index >= 15 is 0 Å². The fourth-order valence-electron chi connectivity index (χ4n) is 0.986. The second-order valence-corrected chi connectivity index (χ2v) is 3.47. The van der Waals surface area contributed by atoms with Gasteiger partial charge in [-0.2, -0.15) is 5.10 Å². The standard InChI is InChI=1S/C7H10BrN3O2/c1-11-7(8)4(3-10-11)5(9)2-6(12)13/h3,5H,2,9H2,1H3,(H,12,13)/t5-/m1/s1. The molecule has 0 saturated heterocycles. The monoisotopic (exact) mass is 247 g/mol. The summed E-state index contributed by atoms with van der Waals surface area (Å²) in [6.07, 6.45) is 1.47. The summed E-state index contributed by atoms with van der Waals surface area (Å²) in [6, 6.07) is -0.513. The van der Waals surface area contributed by atoms with E-state index in [0.29, 0.717) is 5.56 Å². The van der Waals surface area contributed by atoms with Crippen molar-refractivity contribution in [3.8, 4) is 0 Å². The second kappa shape index (κ2) is 3.89. The first-order valence-electron chi connectivity index (χ1n) is 3.67. The van der Waals surface area contributed by atoms with Crippen LogP contribution in [0, 0.1) is 0 Å². The number of hydrogen-bond donors (Lipinski definition) is 2. The van der Waals surface area contributed by atoms with Crippen LogP contribution in [0.3, 0.4) is 0 Å². The molecule has 0 spiro atoms. The molecule has 0 saturated carbocycles. The summed E-state index contributed by atoms with van der Waals surface area (Å²) >= 11 is 3.27. The predicted molar refractivity (Wildman–Crippen MR) is 50.1 cm³/mol. The number of nitrogens with two attached hydrogens (primary N) is 1. The van der Waals surface area contributed by atoms with Crippen molar-refractivity contribution in [2.75, 3.05) is 0 Å². The van der Waals surface area contributed by atoms with Crippen molar-refractivity contribution in [1.82, 2.24) is 9.78 Å². The molecule has 0 aliphatic heterocycles. The molecular weight excluding hydrogens is 238 g/mol. The number of nitrogens with zero attached hydrogens (tertiary/aromatic N) is 2. The zero-order chi connectivity index (χ0) is 10.0. The smallest absolute Gasteiger partial charge is 0.305 e. The van der Waals surface area contributed by atoms with Crippen molar-refractivity contribution in [3.63, 3.8) is 0 Å². The first-order chi connectivity index (χ1) is 6.02. The second-order valence-electron chi connectivity index (χ2n) is 2.72. The lowest BCUT2D eigenvalue weighted by atomic mass is 10.1. The van der Waals surface area contributed by atoms with Crippen LogP contribution in [0.25, 0.3) is 0 Å². The minimum absolute atomic E-state index is 0.0930. The highest BCUT2D eigenvalue weighted by Gasteiger charge is 2.16. The lowest BCUT2D eigenvalue weighted by molar-refractivity contribution is -0.137. The fourth-order valence-corrected chi connectivity index (χ4v) is 1.47. The Balaban J connectivity index is 2.82. The zero-order valence-corrected chi connectivity index (χ0v) is 8.65. The van der Waals surface area contributed by atoms with Crippen molar-refractivity contribution < 1.29 is 9.90 Å². The summed E-state index contributed by atoms with van der Waals surface area (Å²) < 4.78 is 2.32. The van der Waals surface area contributed by atoms with Gasteiger partial charge in [-0.25, -0.2) is 0 Å². The Morgan fingerprint density at radius 2 is 2.54 bits per heavy atom. The lowest BCUT2D eigenvalue weighted by Crippen LogP contribution is -2.15. The van der Waals surface area contributed by atoms with Gasteiger partial charge in [-0.1, -0.05) is 0 Å². The first-order valence-corrected chi connectivity index (χ1v) is 4.46. The maximum atomic E-state index is 10.4. The van der Waals surface area contributed by atoms with Gasteiger partial charge in [-0.15, -0.1) is 0 Å². The molecule has 3 N–H and O–H groups in total. The van der Waals surface area contributed by atoms with Gasteiger partial charge in [0.2, 0.25) is 0 Å². The molecule has 0 bridgehead atoms. The van der Waals surface area contributed by atoms with E-state index in [1.807, 2.05) is 0 Å². The number of hydrogen-bond acceptors (Lipinski definition) is 3. The molecule has 0 aromatic carbocycles. The van der Waals surface area contributed by atoms with Crippen molar-refractivity contribution in [2.45, 2.75) is 12.5 Å². The molecule has 0 aliphatic carbocycles. The zero-order valence-electron chi connectivity index (χ0n) is 7.07. The third-order valence-electron chi connectivity index (χ3n) is 1.69. The highest BCUT2D eigenvalue weighted by molar-refractivity contribution is 9.10. The number of aliphatic carboxylic acids is 1. The number of halogens is 1. The average molecular weight is 248 g/mol. The molecule has 1 aromatic rings. The van der Waals surface area contributed by atoms with E-state index in [-0.39, 0.29) is 6.42 Å². The largest absolute Gasteiger partial charge is 0.481 e. The highest BCUT2D eigenvalue weighted by atomic mass is 79.9. The van der Waals surface area contributed by atoms with E-state index < -0.39 is 12.0 Å². The van der Waals surface area contributed by atoms with Crippen molar-refractivity contribution in [3.05, 3.63) is 16.4 Å². The Kier molecular flexibility index (Phi) is 3.05. The summed E-state index contributed by atoms with van der Waals surface area (Å²) in [5.41, 5.74) is 6.36. The Labute approximate surface area is 83.7 Å². The molecule has 5 nitrogen and oxygen atoms in total. The van der Waals surface area contributed by atoms with Gasteiger partial charge in [0.1, 0.15) is 4.60 Å². The van der Waals surface area contributed by atoms with Crippen molar-refractivity contribution >= 4 is 21.9 Å². The number of carboxylic acid groups (broad SMARTS) is 1. The first kappa shape index (κ1) is 10.2.